The van der Waals surface area contributed by atoms with E-state index in [1.165, 1.54) is 0 Å². The van der Waals surface area contributed by atoms with Crippen molar-refractivity contribution in [2.24, 2.45) is 0 Å². The summed E-state index contributed by atoms with van der Waals surface area (Å²) in [7, 11) is 3.23. The first-order valence-electron chi connectivity index (χ1n) is 6.78. The van der Waals surface area contributed by atoms with Crippen LogP contribution in [0.4, 0.5) is 0 Å². The maximum absolute atomic E-state index is 11.8. The fourth-order valence-corrected chi connectivity index (χ4v) is 3.23. The van der Waals surface area contributed by atoms with Gasteiger partial charge >= 0.3 is 5.97 Å². The van der Waals surface area contributed by atoms with Crippen LogP contribution in [0, 0.1) is 0 Å². The molecular weight excluding hydrogens is 256 g/mol. The Morgan fingerprint density at radius 2 is 2.05 bits per heavy atom. The molecule has 0 N–H and O–H groups in total. The van der Waals surface area contributed by atoms with Crippen LogP contribution in [0.1, 0.15) is 24.8 Å². The van der Waals surface area contributed by atoms with E-state index in [-0.39, 0.29) is 17.5 Å². The predicted molar refractivity (Wildman–Crippen MR) is 74.1 cm³/mol. The average Bonchev–Trinajstić information content (AvgIpc) is 2.83. The highest BCUT2D eigenvalue weighted by Crippen LogP contribution is 2.47. The molecule has 1 aromatic carbocycles. The predicted octanol–water partition coefficient (Wildman–Crippen LogP) is 2.61. The van der Waals surface area contributed by atoms with E-state index >= 15 is 0 Å². The molecule has 1 aliphatic carbocycles. The molecule has 2 atom stereocenters. The number of benzene rings is 1. The molecule has 4 heteroatoms. The van der Waals surface area contributed by atoms with Crippen LogP contribution in [0.25, 0.3) is 0 Å². The number of rotatable bonds is 3. The van der Waals surface area contributed by atoms with Crippen molar-refractivity contribution in [3.05, 3.63) is 35.9 Å². The minimum Gasteiger partial charge on any atom is -0.493 e. The number of hydrogen-bond acceptors (Lipinski definition) is 4. The summed E-state index contributed by atoms with van der Waals surface area (Å²) in [6.45, 7) is 0. The van der Waals surface area contributed by atoms with Crippen LogP contribution in [-0.4, -0.2) is 26.3 Å². The molecule has 1 saturated heterocycles. The van der Waals surface area contributed by atoms with E-state index in [1.807, 2.05) is 24.3 Å². The van der Waals surface area contributed by atoms with Gasteiger partial charge in [0.15, 0.2) is 11.5 Å². The minimum atomic E-state index is -0.259. The molecule has 106 valence electrons. The monoisotopic (exact) mass is 274 g/mol. The van der Waals surface area contributed by atoms with Crippen molar-refractivity contribution in [3.63, 3.8) is 0 Å². The van der Waals surface area contributed by atoms with Crippen LogP contribution in [0.15, 0.2) is 30.4 Å². The van der Waals surface area contributed by atoms with Gasteiger partial charge in [0.2, 0.25) is 0 Å². The number of methoxy groups -OCH3 is 2. The quantitative estimate of drug-likeness (QED) is 0.628. The lowest BCUT2D eigenvalue weighted by atomic mass is 9.69. The molecule has 1 aliphatic heterocycles. The van der Waals surface area contributed by atoms with Crippen LogP contribution >= 0.6 is 0 Å². The van der Waals surface area contributed by atoms with Crippen molar-refractivity contribution in [2.45, 2.75) is 30.8 Å². The van der Waals surface area contributed by atoms with Crippen LogP contribution in [0.3, 0.4) is 0 Å². The summed E-state index contributed by atoms with van der Waals surface area (Å²) in [5, 5.41) is 0. The number of hydrogen-bond donors (Lipinski definition) is 0. The first-order valence-corrected chi connectivity index (χ1v) is 6.78. The SMILES string of the molecule is COc1ccc([C@@]23CCC=C[C@@H]2OC(=O)C3)cc1OC. The molecule has 2 aliphatic rings. The standard InChI is InChI=1S/C16H18O4/c1-18-12-7-6-11(9-13(12)19-2)16-8-4-3-5-14(16)20-15(17)10-16/h3,5-7,9,14H,4,8,10H2,1-2H3/t14-,16-/m0/s1. The highest BCUT2D eigenvalue weighted by Gasteiger charge is 2.50. The zero-order chi connectivity index (χ0) is 14.2. The first kappa shape index (κ1) is 13.0. The maximum Gasteiger partial charge on any atom is 0.307 e. The third-order valence-electron chi connectivity index (χ3n) is 4.29. The topological polar surface area (TPSA) is 44.8 Å². The van der Waals surface area contributed by atoms with Crippen LogP contribution in [-0.2, 0) is 14.9 Å². The molecule has 0 saturated carbocycles. The van der Waals surface area contributed by atoms with Gasteiger partial charge in [-0.15, -0.1) is 0 Å². The van der Waals surface area contributed by atoms with Crippen LogP contribution in [0.5, 0.6) is 11.5 Å². The zero-order valence-electron chi connectivity index (χ0n) is 11.7. The van der Waals surface area contributed by atoms with Gasteiger partial charge in [-0.3, -0.25) is 4.79 Å². The Morgan fingerprint density at radius 3 is 2.80 bits per heavy atom. The lowest BCUT2D eigenvalue weighted by Crippen LogP contribution is -2.36. The van der Waals surface area contributed by atoms with E-state index in [0.717, 1.165) is 18.4 Å². The van der Waals surface area contributed by atoms with Gasteiger partial charge in [0.25, 0.3) is 0 Å². The van der Waals surface area contributed by atoms with Crippen molar-refractivity contribution < 1.29 is 19.0 Å². The number of fused-ring (bicyclic) bond motifs is 1. The number of carbonyl (C=O) groups excluding carboxylic acids is 1. The molecule has 0 bridgehead atoms. The van der Waals surface area contributed by atoms with Gasteiger partial charge in [0.05, 0.1) is 20.6 Å². The molecule has 20 heavy (non-hydrogen) atoms. The Morgan fingerprint density at radius 1 is 1.25 bits per heavy atom. The normalized spacial score (nSPS) is 27.9. The summed E-state index contributed by atoms with van der Waals surface area (Å²) in [5.74, 6) is 1.25. The van der Waals surface area contributed by atoms with E-state index in [9.17, 15) is 4.79 Å². The number of esters is 1. The second kappa shape index (κ2) is 4.85. The highest BCUT2D eigenvalue weighted by molar-refractivity contribution is 5.76. The third kappa shape index (κ3) is 1.87. The fraction of sp³-hybridized carbons (Fsp3) is 0.438. The zero-order valence-corrected chi connectivity index (χ0v) is 11.7. The summed E-state index contributed by atoms with van der Waals surface area (Å²) in [4.78, 5) is 11.8. The second-order valence-electron chi connectivity index (χ2n) is 5.28. The summed E-state index contributed by atoms with van der Waals surface area (Å²) in [6.07, 6.45) is 6.23. The van der Waals surface area contributed by atoms with Crippen LogP contribution in [0.2, 0.25) is 0 Å². The molecule has 1 aromatic rings. The van der Waals surface area contributed by atoms with Crippen molar-refractivity contribution in [1.82, 2.24) is 0 Å². The van der Waals surface area contributed by atoms with E-state index in [2.05, 4.69) is 6.08 Å². The van der Waals surface area contributed by atoms with E-state index in [0.29, 0.717) is 17.9 Å². The first-order chi connectivity index (χ1) is 9.69. The van der Waals surface area contributed by atoms with Crippen molar-refractivity contribution in [3.8, 4) is 11.5 Å². The Balaban J connectivity index is 2.06. The van der Waals surface area contributed by atoms with Gasteiger partial charge in [0.1, 0.15) is 6.10 Å². The summed E-state index contributed by atoms with van der Waals surface area (Å²) >= 11 is 0. The molecule has 0 aromatic heterocycles. The van der Waals surface area contributed by atoms with Crippen molar-refractivity contribution >= 4 is 5.97 Å². The van der Waals surface area contributed by atoms with Gasteiger partial charge in [0, 0.05) is 5.41 Å². The van der Waals surface area contributed by atoms with Gasteiger partial charge < -0.3 is 14.2 Å². The molecule has 4 nitrogen and oxygen atoms in total. The fourth-order valence-electron chi connectivity index (χ4n) is 3.23. The summed E-state index contributed by atoms with van der Waals surface area (Å²) < 4.78 is 16.1. The van der Waals surface area contributed by atoms with Gasteiger partial charge in [-0.05, 0) is 36.6 Å². The number of ether oxygens (including phenoxy) is 3. The summed E-state index contributed by atoms with van der Waals surface area (Å²) in [5.41, 5.74) is 0.820. The van der Waals surface area contributed by atoms with Gasteiger partial charge in [-0.1, -0.05) is 12.1 Å². The Bertz CT molecular complexity index is 564. The van der Waals surface area contributed by atoms with Gasteiger partial charge in [-0.2, -0.15) is 0 Å². The Kier molecular flexibility index (Phi) is 3.16. The second-order valence-corrected chi connectivity index (χ2v) is 5.28. The van der Waals surface area contributed by atoms with E-state index in [4.69, 9.17) is 14.2 Å². The Labute approximate surface area is 118 Å². The molecule has 1 fully saturated rings. The molecular formula is C16H18O4. The third-order valence-corrected chi connectivity index (χ3v) is 4.29. The molecule has 0 unspecified atom stereocenters. The minimum absolute atomic E-state index is 0.128. The highest BCUT2D eigenvalue weighted by atomic mass is 16.6. The molecule has 1 heterocycles. The molecule has 0 spiro atoms. The van der Waals surface area contributed by atoms with E-state index < -0.39 is 0 Å². The molecule has 3 rings (SSSR count). The van der Waals surface area contributed by atoms with Crippen molar-refractivity contribution in [1.29, 1.82) is 0 Å². The van der Waals surface area contributed by atoms with E-state index in [1.54, 1.807) is 14.2 Å². The number of carbonyl (C=O) groups is 1. The molecule has 0 amide bonds. The van der Waals surface area contributed by atoms with Gasteiger partial charge in [-0.25, -0.2) is 0 Å². The Hall–Kier alpha value is -1.97. The number of allylic oxidation sites excluding steroid dienone is 1. The smallest absolute Gasteiger partial charge is 0.307 e. The largest absolute Gasteiger partial charge is 0.493 e. The average molecular weight is 274 g/mol. The molecule has 0 radical (unpaired) electrons. The lowest BCUT2D eigenvalue weighted by Gasteiger charge is -2.34. The van der Waals surface area contributed by atoms with Crippen LogP contribution < -0.4 is 9.47 Å². The summed E-state index contributed by atoms with van der Waals surface area (Å²) in [6, 6.07) is 5.86. The maximum atomic E-state index is 11.8. The lowest BCUT2D eigenvalue weighted by molar-refractivity contribution is -0.140. The van der Waals surface area contributed by atoms with Crippen molar-refractivity contribution in [2.75, 3.05) is 14.2 Å².